The first-order valence-electron chi connectivity index (χ1n) is 6.72. The first kappa shape index (κ1) is 15.6. The van der Waals surface area contributed by atoms with Crippen molar-refractivity contribution in [1.29, 1.82) is 0 Å². The van der Waals surface area contributed by atoms with Crippen molar-refractivity contribution in [2.45, 2.75) is 24.3 Å². The van der Waals surface area contributed by atoms with E-state index in [1.165, 1.54) is 12.1 Å². The van der Waals surface area contributed by atoms with Crippen LogP contribution < -0.4 is 10.5 Å². The Morgan fingerprint density at radius 2 is 1.95 bits per heavy atom. The third-order valence-corrected chi connectivity index (χ3v) is 4.23. The Morgan fingerprint density at radius 1 is 1.24 bits per heavy atom. The fraction of sp³-hybridized carbons (Fsp3) is 0.267. The summed E-state index contributed by atoms with van der Waals surface area (Å²) in [7, 11) is -3.61. The van der Waals surface area contributed by atoms with E-state index in [1.807, 2.05) is 18.3 Å². The van der Waals surface area contributed by atoms with Crippen LogP contribution in [0.3, 0.4) is 0 Å². The normalized spacial score (nSPS) is 13.0. The minimum Gasteiger partial charge on any atom is -0.310 e. The maximum Gasteiger partial charge on any atom is 0.238 e. The second kappa shape index (κ2) is 6.80. The number of hydrogen-bond acceptors (Lipinski definition) is 4. The SMILES string of the molecule is CC(NCCc1ccc(S(N)(=O)=O)cc1)c1cccnc1. The lowest BCUT2D eigenvalue weighted by Crippen LogP contribution is -2.21. The second-order valence-electron chi connectivity index (χ2n) is 4.90. The molecule has 21 heavy (non-hydrogen) atoms. The van der Waals surface area contributed by atoms with Crippen LogP contribution in [-0.4, -0.2) is 19.9 Å². The number of sulfonamides is 1. The lowest BCUT2D eigenvalue weighted by atomic mass is 10.1. The Balaban J connectivity index is 1.86. The van der Waals surface area contributed by atoms with E-state index in [9.17, 15) is 8.42 Å². The number of rotatable bonds is 6. The van der Waals surface area contributed by atoms with E-state index in [2.05, 4.69) is 17.2 Å². The molecule has 1 aromatic carbocycles. The highest BCUT2D eigenvalue weighted by atomic mass is 32.2. The van der Waals surface area contributed by atoms with Crippen LogP contribution in [-0.2, 0) is 16.4 Å². The summed E-state index contributed by atoms with van der Waals surface area (Å²) in [5.41, 5.74) is 2.20. The molecule has 0 bridgehead atoms. The number of pyridine rings is 1. The molecule has 1 atom stereocenters. The molecular formula is C15H19N3O2S. The molecule has 112 valence electrons. The van der Waals surface area contributed by atoms with Gasteiger partial charge in [-0.05, 0) is 49.2 Å². The molecule has 2 aromatic rings. The molecule has 0 aliphatic carbocycles. The Labute approximate surface area is 125 Å². The largest absolute Gasteiger partial charge is 0.310 e. The van der Waals surface area contributed by atoms with Gasteiger partial charge < -0.3 is 5.32 Å². The summed E-state index contributed by atoms with van der Waals surface area (Å²) in [5, 5.41) is 8.47. The molecular weight excluding hydrogens is 286 g/mol. The number of aromatic nitrogens is 1. The maximum atomic E-state index is 11.2. The van der Waals surface area contributed by atoms with E-state index in [4.69, 9.17) is 5.14 Å². The number of nitrogens with one attached hydrogen (secondary N) is 1. The van der Waals surface area contributed by atoms with Crippen molar-refractivity contribution in [3.8, 4) is 0 Å². The maximum absolute atomic E-state index is 11.2. The highest BCUT2D eigenvalue weighted by Crippen LogP contribution is 2.11. The van der Waals surface area contributed by atoms with Gasteiger partial charge in [-0.2, -0.15) is 0 Å². The number of benzene rings is 1. The lowest BCUT2D eigenvalue weighted by Gasteiger charge is -2.13. The van der Waals surface area contributed by atoms with Gasteiger partial charge >= 0.3 is 0 Å². The summed E-state index contributed by atoms with van der Waals surface area (Å²) >= 11 is 0. The Morgan fingerprint density at radius 3 is 2.52 bits per heavy atom. The molecule has 0 amide bonds. The molecule has 1 aromatic heterocycles. The van der Waals surface area contributed by atoms with E-state index in [-0.39, 0.29) is 10.9 Å². The molecule has 0 saturated heterocycles. The van der Waals surface area contributed by atoms with Crippen LogP contribution in [0.4, 0.5) is 0 Å². The first-order chi connectivity index (χ1) is 9.97. The zero-order valence-electron chi connectivity index (χ0n) is 11.9. The molecule has 5 nitrogen and oxygen atoms in total. The molecule has 0 aliphatic rings. The van der Waals surface area contributed by atoms with Crippen molar-refractivity contribution in [1.82, 2.24) is 10.3 Å². The third-order valence-electron chi connectivity index (χ3n) is 3.30. The van der Waals surface area contributed by atoms with Crippen molar-refractivity contribution in [3.63, 3.8) is 0 Å². The van der Waals surface area contributed by atoms with Gasteiger partial charge in [-0.1, -0.05) is 18.2 Å². The van der Waals surface area contributed by atoms with Crippen LogP contribution in [0.15, 0.2) is 53.7 Å². The summed E-state index contributed by atoms with van der Waals surface area (Å²) < 4.78 is 22.3. The van der Waals surface area contributed by atoms with Crippen LogP contribution >= 0.6 is 0 Å². The molecule has 3 N–H and O–H groups in total. The van der Waals surface area contributed by atoms with Gasteiger partial charge in [0.15, 0.2) is 0 Å². The third kappa shape index (κ3) is 4.63. The zero-order valence-corrected chi connectivity index (χ0v) is 12.7. The predicted molar refractivity (Wildman–Crippen MR) is 82.2 cm³/mol. The fourth-order valence-corrected chi connectivity index (χ4v) is 2.54. The zero-order chi connectivity index (χ0) is 15.3. The quantitative estimate of drug-likeness (QED) is 0.849. The van der Waals surface area contributed by atoms with Crippen molar-refractivity contribution < 1.29 is 8.42 Å². The van der Waals surface area contributed by atoms with Crippen LogP contribution in [0.25, 0.3) is 0 Å². The van der Waals surface area contributed by atoms with E-state index in [1.54, 1.807) is 18.3 Å². The van der Waals surface area contributed by atoms with Gasteiger partial charge in [0.1, 0.15) is 0 Å². The average Bonchev–Trinajstić information content (AvgIpc) is 2.47. The average molecular weight is 305 g/mol. The molecule has 6 heteroatoms. The summed E-state index contributed by atoms with van der Waals surface area (Å²) in [6.45, 7) is 2.88. The van der Waals surface area contributed by atoms with Gasteiger partial charge in [0, 0.05) is 18.4 Å². The van der Waals surface area contributed by atoms with Gasteiger partial charge in [0.25, 0.3) is 0 Å². The number of nitrogens with zero attached hydrogens (tertiary/aromatic N) is 1. The highest BCUT2D eigenvalue weighted by Gasteiger charge is 2.07. The van der Waals surface area contributed by atoms with Crippen LogP contribution in [0.2, 0.25) is 0 Å². The molecule has 0 radical (unpaired) electrons. The number of nitrogens with two attached hydrogens (primary N) is 1. The highest BCUT2D eigenvalue weighted by molar-refractivity contribution is 7.89. The smallest absolute Gasteiger partial charge is 0.238 e. The Hall–Kier alpha value is -1.76. The van der Waals surface area contributed by atoms with Crippen LogP contribution in [0, 0.1) is 0 Å². The van der Waals surface area contributed by atoms with Crippen molar-refractivity contribution in [2.24, 2.45) is 5.14 Å². The van der Waals surface area contributed by atoms with Gasteiger partial charge in [-0.3, -0.25) is 4.98 Å². The summed E-state index contributed by atoms with van der Waals surface area (Å²) in [6, 6.07) is 10.8. The molecule has 1 unspecified atom stereocenters. The van der Waals surface area contributed by atoms with Crippen LogP contribution in [0.5, 0.6) is 0 Å². The predicted octanol–water partition coefficient (Wildman–Crippen LogP) is 1.62. The summed E-state index contributed by atoms with van der Waals surface area (Å²) in [4.78, 5) is 4.24. The Bertz CT molecular complexity index is 670. The number of hydrogen-bond donors (Lipinski definition) is 2. The molecule has 1 heterocycles. The molecule has 0 aliphatic heterocycles. The van der Waals surface area contributed by atoms with Gasteiger partial charge in [0.05, 0.1) is 4.90 Å². The van der Waals surface area contributed by atoms with Crippen molar-refractivity contribution in [2.75, 3.05) is 6.54 Å². The van der Waals surface area contributed by atoms with Gasteiger partial charge in [-0.25, -0.2) is 13.6 Å². The molecule has 2 rings (SSSR count). The molecule has 0 fully saturated rings. The monoisotopic (exact) mass is 305 g/mol. The minimum absolute atomic E-state index is 0.142. The summed E-state index contributed by atoms with van der Waals surface area (Å²) in [6.07, 6.45) is 4.41. The standard InChI is InChI=1S/C15H19N3O2S/c1-12(14-3-2-9-17-11-14)18-10-8-13-4-6-15(7-5-13)21(16,19)20/h2-7,9,11-12,18H,8,10H2,1H3,(H2,16,19,20). The van der Waals surface area contributed by atoms with E-state index in [0.717, 1.165) is 24.1 Å². The lowest BCUT2D eigenvalue weighted by molar-refractivity contribution is 0.575. The Kier molecular flexibility index (Phi) is 5.06. The first-order valence-corrected chi connectivity index (χ1v) is 8.26. The second-order valence-corrected chi connectivity index (χ2v) is 6.46. The molecule has 0 saturated carbocycles. The van der Waals surface area contributed by atoms with Gasteiger partial charge in [0.2, 0.25) is 10.0 Å². The van der Waals surface area contributed by atoms with Gasteiger partial charge in [-0.15, -0.1) is 0 Å². The van der Waals surface area contributed by atoms with Crippen LogP contribution in [0.1, 0.15) is 24.1 Å². The van der Waals surface area contributed by atoms with E-state index >= 15 is 0 Å². The fourth-order valence-electron chi connectivity index (χ4n) is 2.03. The summed E-state index contributed by atoms with van der Waals surface area (Å²) in [5.74, 6) is 0. The topological polar surface area (TPSA) is 85.1 Å². The van der Waals surface area contributed by atoms with Crippen molar-refractivity contribution in [3.05, 3.63) is 59.9 Å². The van der Waals surface area contributed by atoms with Crippen molar-refractivity contribution >= 4 is 10.0 Å². The van der Waals surface area contributed by atoms with E-state index < -0.39 is 10.0 Å². The minimum atomic E-state index is -3.61. The number of primary sulfonamides is 1. The molecule has 0 spiro atoms. The van der Waals surface area contributed by atoms with E-state index in [0.29, 0.717) is 0 Å².